The minimum absolute atomic E-state index is 0.102. The summed E-state index contributed by atoms with van der Waals surface area (Å²) in [6.07, 6.45) is 1.76. The number of hydrogen-bond donors (Lipinski definition) is 2. The molecule has 2 N–H and O–H groups in total. The van der Waals surface area contributed by atoms with Crippen molar-refractivity contribution in [1.29, 1.82) is 0 Å². The predicted molar refractivity (Wildman–Crippen MR) is 66.5 cm³/mol. The van der Waals surface area contributed by atoms with E-state index in [1.807, 2.05) is 6.07 Å². The highest BCUT2D eigenvalue weighted by molar-refractivity contribution is 6.29. The molecule has 0 radical (unpaired) electrons. The van der Waals surface area contributed by atoms with Crippen LogP contribution in [0.15, 0.2) is 18.3 Å². The van der Waals surface area contributed by atoms with Gasteiger partial charge >= 0.3 is 0 Å². The molecular weight excluding hydrogens is 224 g/mol. The molecule has 0 amide bonds. The molecule has 2 atom stereocenters. The lowest BCUT2D eigenvalue weighted by atomic mass is 10.0. The van der Waals surface area contributed by atoms with E-state index in [2.05, 4.69) is 31.1 Å². The van der Waals surface area contributed by atoms with Crippen molar-refractivity contribution in [1.82, 2.24) is 10.3 Å². The average Bonchev–Trinajstić information content (AvgIpc) is 2.26. The summed E-state index contributed by atoms with van der Waals surface area (Å²) in [7, 11) is 0. The van der Waals surface area contributed by atoms with E-state index in [0.29, 0.717) is 11.1 Å². The number of hydrogen-bond acceptors (Lipinski definition) is 3. The number of aliphatic hydroxyl groups is 1. The zero-order valence-electron chi connectivity index (χ0n) is 9.94. The minimum atomic E-state index is 0.102. The largest absolute Gasteiger partial charge is 0.395 e. The molecule has 0 spiro atoms. The number of aromatic nitrogens is 1. The fourth-order valence-corrected chi connectivity index (χ4v) is 1.63. The molecule has 1 aromatic heterocycles. The average molecular weight is 243 g/mol. The molecule has 3 nitrogen and oxygen atoms in total. The maximum atomic E-state index is 9.24. The van der Waals surface area contributed by atoms with Crippen molar-refractivity contribution in [2.24, 2.45) is 5.92 Å². The summed E-state index contributed by atoms with van der Waals surface area (Å²) in [5.41, 5.74) is 1.07. The SMILES string of the molecule is CC(N[C@H](CO)C(C)C)c1ccc(Cl)nc1. The normalized spacial score (nSPS) is 15.1. The third kappa shape index (κ3) is 3.74. The van der Waals surface area contributed by atoms with Crippen LogP contribution in [0.4, 0.5) is 0 Å². The Hall–Kier alpha value is -0.640. The molecular formula is C12H19ClN2O. The maximum Gasteiger partial charge on any atom is 0.129 e. The Balaban J connectivity index is 2.64. The first-order valence-corrected chi connectivity index (χ1v) is 5.90. The van der Waals surface area contributed by atoms with Gasteiger partial charge in [-0.2, -0.15) is 0 Å². The second-order valence-electron chi connectivity index (χ2n) is 4.34. The van der Waals surface area contributed by atoms with Crippen molar-refractivity contribution in [3.8, 4) is 0 Å². The number of aliphatic hydroxyl groups excluding tert-OH is 1. The summed E-state index contributed by atoms with van der Waals surface area (Å²) in [6, 6.07) is 3.98. The second-order valence-corrected chi connectivity index (χ2v) is 4.72. The van der Waals surface area contributed by atoms with Crippen molar-refractivity contribution >= 4 is 11.6 Å². The fraction of sp³-hybridized carbons (Fsp3) is 0.583. The van der Waals surface area contributed by atoms with E-state index in [9.17, 15) is 5.11 Å². The van der Waals surface area contributed by atoms with Crippen LogP contribution in [0.1, 0.15) is 32.4 Å². The van der Waals surface area contributed by atoms with Gasteiger partial charge in [0.05, 0.1) is 6.61 Å². The van der Waals surface area contributed by atoms with Crippen LogP contribution in [0.3, 0.4) is 0 Å². The molecule has 1 aromatic rings. The van der Waals surface area contributed by atoms with Crippen LogP contribution in [-0.2, 0) is 0 Å². The van der Waals surface area contributed by atoms with Gasteiger partial charge in [0, 0.05) is 18.3 Å². The van der Waals surface area contributed by atoms with Gasteiger partial charge in [-0.15, -0.1) is 0 Å². The summed E-state index contributed by atoms with van der Waals surface area (Å²) in [4.78, 5) is 4.04. The lowest BCUT2D eigenvalue weighted by Crippen LogP contribution is -2.38. The molecule has 0 saturated heterocycles. The Bertz CT molecular complexity index is 313. The highest BCUT2D eigenvalue weighted by Gasteiger charge is 2.15. The topological polar surface area (TPSA) is 45.1 Å². The molecule has 0 aliphatic rings. The summed E-state index contributed by atoms with van der Waals surface area (Å²) < 4.78 is 0. The third-order valence-corrected chi connectivity index (χ3v) is 2.94. The van der Waals surface area contributed by atoms with Crippen LogP contribution in [0.5, 0.6) is 0 Å². The molecule has 90 valence electrons. The smallest absolute Gasteiger partial charge is 0.129 e. The van der Waals surface area contributed by atoms with Gasteiger partial charge < -0.3 is 10.4 Å². The predicted octanol–water partition coefficient (Wildman–Crippen LogP) is 2.40. The third-order valence-electron chi connectivity index (χ3n) is 2.72. The van der Waals surface area contributed by atoms with Gasteiger partial charge in [-0.25, -0.2) is 4.98 Å². The highest BCUT2D eigenvalue weighted by atomic mass is 35.5. The van der Waals surface area contributed by atoms with Crippen LogP contribution in [0, 0.1) is 5.92 Å². The van der Waals surface area contributed by atoms with Crippen molar-refractivity contribution < 1.29 is 5.11 Å². The summed E-state index contributed by atoms with van der Waals surface area (Å²) in [5, 5.41) is 13.1. The van der Waals surface area contributed by atoms with Gasteiger partial charge in [0.1, 0.15) is 5.15 Å². The quantitative estimate of drug-likeness (QED) is 0.780. The number of halogens is 1. The van der Waals surface area contributed by atoms with Crippen molar-refractivity contribution in [2.45, 2.75) is 32.9 Å². The first-order chi connectivity index (χ1) is 7.54. The van der Waals surface area contributed by atoms with Gasteiger partial charge in [0.25, 0.3) is 0 Å². The molecule has 0 fully saturated rings. The van der Waals surface area contributed by atoms with E-state index in [4.69, 9.17) is 11.6 Å². The van der Waals surface area contributed by atoms with Crippen LogP contribution in [0.25, 0.3) is 0 Å². The maximum absolute atomic E-state index is 9.24. The van der Waals surface area contributed by atoms with E-state index in [0.717, 1.165) is 5.56 Å². The Morgan fingerprint density at radius 1 is 1.38 bits per heavy atom. The van der Waals surface area contributed by atoms with Gasteiger partial charge in [0.2, 0.25) is 0 Å². The first-order valence-electron chi connectivity index (χ1n) is 5.53. The second kappa shape index (κ2) is 6.18. The number of rotatable bonds is 5. The standard InChI is InChI=1S/C12H19ClN2O/c1-8(2)11(7-16)15-9(3)10-4-5-12(13)14-6-10/h4-6,8-9,11,15-16H,7H2,1-3H3/t9?,11-/m1/s1. The van der Waals surface area contributed by atoms with Crippen molar-refractivity contribution in [3.05, 3.63) is 29.0 Å². The first kappa shape index (κ1) is 13.4. The van der Waals surface area contributed by atoms with Gasteiger partial charge in [-0.05, 0) is 24.5 Å². The fourth-order valence-electron chi connectivity index (χ4n) is 1.52. The Labute approximate surface area is 102 Å². The van der Waals surface area contributed by atoms with E-state index < -0.39 is 0 Å². The molecule has 0 aromatic carbocycles. The lowest BCUT2D eigenvalue weighted by molar-refractivity contribution is 0.201. The van der Waals surface area contributed by atoms with Gasteiger partial charge in [0.15, 0.2) is 0 Å². The Morgan fingerprint density at radius 2 is 2.06 bits per heavy atom. The van der Waals surface area contributed by atoms with E-state index in [-0.39, 0.29) is 18.7 Å². The molecule has 16 heavy (non-hydrogen) atoms. The van der Waals surface area contributed by atoms with Crippen molar-refractivity contribution in [2.75, 3.05) is 6.61 Å². The number of pyridine rings is 1. The number of nitrogens with one attached hydrogen (secondary N) is 1. The highest BCUT2D eigenvalue weighted by Crippen LogP contribution is 2.15. The van der Waals surface area contributed by atoms with Crippen molar-refractivity contribution in [3.63, 3.8) is 0 Å². The minimum Gasteiger partial charge on any atom is -0.395 e. The summed E-state index contributed by atoms with van der Waals surface area (Å²) in [6.45, 7) is 6.36. The molecule has 0 saturated carbocycles. The zero-order chi connectivity index (χ0) is 12.1. The summed E-state index contributed by atoms with van der Waals surface area (Å²) >= 11 is 5.73. The lowest BCUT2D eigenvalue weighted by Gasteiger charge is -2.24. The van der Waals surface area contributed by atoms with Gasteiger partial charge in [-0.1, -0.05) is 31.5 Å². The number of nitrogens with zero attached hydrogens (tertiary/aromatic N) is 1. The van der Waals surface area contributed by atoms with Gasteiger partial charge in [-0.3, -0.25) is 0 Å². The molecule has 0 bridgehead atoms. The van der Waals surface area contributed by atoms with Crippen LogP contribution in [0.2, 0.25) is 5.15 Å². The van der Waals surface area contributed by atoms with Crippen LogP contribution in [-0.4, -0.2) is 22.7 Å². The molecule has 1 unspecified atom stereocenters. The Kier molecular flexibility index (Phi) is 5.19. The zero-order valence-corrected chi connectivity index (χ0v) is 10.7. The molecule has 1 heterocycles. The molecule has 0 aliphatic carbocycles. The van der Waals surface area contributed by atoms with E-state index >= 15 is 0 Å². The molecule has 4 heteroatoms. The monoisotopic (exact) mass is 242 g/mol. The summed E-state index contributed by atoms with van der Waals surface area (Å²) in [5.74, 6) is 0.396. The van der Waals surface area contributed by atoms with E-state index in [1.54, 1.807) is 12.3 Å². The molecule has 0 aliphatic heterocycles. The van der Waals surface area contributed by atoms with Crippen LogP contribution < -0.4 is 5.32 Å². The molecule has 1 rings (SSSR count). The van der Waals surface area contributed by atoms with Crippen LogP contribution >= 0.6 is 11.6 Å². The Morgan fingerprint density at radius 3 is 2.50 bits per heavy atom. The van der Waals surface area contributed by atoms with E-state index in [1.165, 1.54) is 0 Å².